The molecule has 0 spiro atoms. The number of nitrogens with zero attached hydrogens (tertiary/aromatic N) is 2. The number of rotatable bonds is 4. The largest absolute Gasteiger partial charge is 0.497 e. The maximum atomic E-state index is 12.7. The zero-order valence-electron chi connectivity index (χ0n) is 14.8. The van der Waals surface area contributed by atoms with Crippen LogP contribution in [0, 0.1) is 5.92 Å². The highest BCUT2D eigenvalue weighted by molar-refractivity contribution is 5.77. The average molecular weight is 328 g/mol. The minimum Gasteiger partial charge on any atom is -0.497 e. The lowest BCUT2D eigenvalue weighted by Gasteiger charge is -2.51. The SMILES string of the molecule is CCCC(=O)N1C[C@H](c2ccc(OC)cc2)[C@H]2[C@@H]1C1CCN2CC1. The maximum absolute atomic E-state index is 12.7. The smallest absolute Gasteiger partial charge is 0.222 e. The van der Waals surface area contributed by atoms with Crippen LogP contribution in [0.2, 0.25) is 0 Å². The minimum atomic E-state index is 0.359. The molecule has 2 bridgehead atoms. The van der Waals surface area contributed by atoms with Crippen LogP contribution in [0.4, 0.5) is 0 Å². The quantitative estimate of drug-likeness (QED) is 0.852. The lowest BCUT2D eigenvalue weighted by molar-refractivity contribution is -0.136. The van der Waals surface area contributed by atoms with Gasteiger partial charge in [-0.25, -0.2) is 0 Å². The molecule has 1 aromatic rings. The molecule has 1 aromatic carbocycles. The van der Waals surface area contributed by atoms with E-state index >= 15 is 0 Å². The van der Waals surface area contributed by atoms with E-state index in [1.807, 2.05) is 0 Å². The van der Waals surface area contributed by atoms with Crippen LogP contribution in [0.15, 0.2) is 24.3 Å². The standard InChI is InChI=1S/C20H28N2O2/c1-3-4-18(23)22-13-17(14-5-7-16(24-2)8-6-14)20-19(22)15-9-11-21(20)12-10-15/h5-8,15,17,19-20H,3-4,9-13H2,1-2H3/t17-,19+,20+/m1/s1. The second-order valence-corrected chi connectivity index (χ2v) is 7.53. The van der Waals surface area contributed by atoms with Crippen molar-refractivity contribution >= 4 is 5.91 Å². The molecule has 24 heavy (non-hydrogen) atoms. The summed E-state index contributed by atoms with van der Waals surface area (Å²) in [4.78, 5) is 17.6. The first-order valence-electron chi connectivity index (χ1n) is 9.40. The predicted octanol–water partition coefficient (Wildman–Crippen LogP) is 2.88. The van der Waals surface area contributed by atoms with Gasteiger partial charge in [0.05, 0.1) is 13.2 Å². The van der Waals surface area contributed by atoms with E-state index in [0.717, 1.165) is 18.7 Å². The van der Waals surface area contributed by atoms with Crippen molar-refractivity contribution in [3.63, 3.8) is 0 Å². The molecule has 130 valence electrons. The minimum absolute atomic E-state index is 0.359. The van der Waals surface area contributed by atoms with Gasteiger partial charge in [-0.1, -0.05) is 19.1 Å². The van der Waals surface area contributed by atoms with Crippen molar-refractivity contribution in [2.75, 3.05) is 26.7 Å². The average Bonchev–Trinajstić information content (AvgIpc) is 3.06. The number of hydrogen-bond donors (Lipinski definition) is 0. The Morgan fingerprint density at radius 1 is 1.17 bits per heavy atom. The van der Waals surface area contributed by atoms with Crippen molar-refractivity contribution < 1.29 is 9.53 Å². The van der Waals surface area contributed by atoms with Gasteiger partial charge in [-0.05, 0) is 56.0 Å². The molecule has 4 aliphatic rings. The number of carbonyl (C=O) groups is 1. The highest BCUT2D eigenvalue weighted by atomic mass is 16.5. The molecule has 3 atom stereocenters. The zero-order valence-corrected chi connectivity index (χ0v) is 14.8. The maximum Gasteiger partial charge on any atom is 0.222 e. The number of likely N-dealkylation sites (tertiary alicyclic amines) is 1. The van der Waals surface area contributed by atoms with Gasteiger partial charge in [0.1, 0.15) is 5.75 Å². The fraction of sp³-hybridized carbons (Fsp3) is 0.650. The Bertz CT molecular complexity index is 592. The summed E-state index contributed by atoms with van der Waals surface area (Å²) >= 11 is 0. The van der Waals surface area contributed by atoms with Crippen molar-refractivity contribution in [2.45, 2.75) is 50.6 Å². The van der Waals surface area contributed by atoms with Crippen molar-refractivity contribution in [3.8, 4) is 5.75 Å². The summed E-state index contributed by atoms with van der Waals surface area (Å²) in [6, 6.07) is 9.43. The number of fused-ring (bicyclic) bond motifs is 2. The van der Waals surface area contributed by atoms with Gasteiger partial charge in [0, 0.05) is 24.9 Å². The third-order valence-electron chi connectivity index (χ3n) is 6.32. The Hall–Kier alpha value is -1.55. The van der Waals surface area contributed by atoms with Crippen LogP contribution in [0.1, 0.15) is 44.1 Å². The monoisotopic (exact) mass is 328 g/mol. The molecule has 4 saturated heterocycles. The number of carbonyl (C=O) groups excluding carboxylic acids is 1. The third kappa shape index (κ3) is 2.52. The van der Waals surface area contributed by atoms with Gasteiger partial charge in [0.15, 0.2) is 0 Å². The molecule has 0 aromatic heterocycles. The van der Waals surface area contributed by atoms with Crippen LogP contribution < -0.4 is 4.74 Å². The molecule has 0 saturated carbocycles. The topological polar surface area (TPSA) is 32.8 Å². The molecular formula is C20H28N2O2. The Morgan fingerprint density at radius 3 is 2.50 bits per heavy atom. The Labute approximate surface area is 144 Å². The van der Waals surface area contributed by atoms with Crippen LogP contribution >= 0.6 is 0 Å². The fourth-order valence-corrected chi connectivity index (χ4v) is 5.21. The number of ether oxygens (including phenoxy) is 1. The van der Waals surface area contributed by atoms with E-state index < -0.39 is 0 Å². The molecule has 0 N–H and O–H groups in total. The zero-order chi connectivity index (χ0) is 16.7. The van der Waals surface area contributed by atoms with E-state index in [9.17, 15) is 4.79 Å². The van der Waals surface area contributed by atoms with E-state index in [1.54, 1.807) is 7.11 Å². The number of amides is 1. The van der Waals surface area contributed by atoms with Gasteiger partial charge >= 0.3 is 0 Å². The summed E-state index contributed by atoms with van der Waals surface area (Å²) in [6.45, 7) is 5.39. The van der Waals surface area contributed by atoms with Crippen molar-refractivity contribution in [1.82, 2.24) is 9.80 Å². The first-order chi connectivity index (χ1) is 11.7. The second-order valence-electron chi connectivity index (χ2n) is 7.53. The summed E-state index contributed by atoms with van der Waals surface area (Å²) in [6.07, 6.45) is 4.14. The van der Waals surface area contributed by atoms with E-state index in [4.69, 9.17) is 4.74 Å². The Kier molecular flexibility index (Phi) is 4.25. The van der Waals surface area contributed by atoms with E-state index in [-0.39, 0.29) is 0 Å². The highest BCUT2D eigenvalue weighted by Gasteiger charge is 2.54. The Balaban J connectivity index is 1.65. The number of benzene rings is 1. The van der Waals surface area contributed by atoms with Gasteiger partial charge in [0.2, 0.25) is 5.91 Å². The molecule has 4 fully saturated rings. The Morgan fingerprint density at radius 2 is 1.88 bits per heavy atom. The molecule has 5 rings (SSSR count). The van der Waals surface area contributed by atoms with Crippen LogP contribution in [0.5, 0.6) is 5.75 Å². The summed E-state index contributed by atoms with van der Waals surface area (Å²) < 4.78 is 5.30. The van der Waals surface area contributed by atoms with Gasteiger partial charge in [-0.15, -0.1) is 0 Å². The molecule has 4 heteroatoms. The van der Waals surface area contributed by atoms with E-state index in [0.29, 0.717) is 36.2 Å². The lowest BCUT2D eigenvalue weighted by Crippen LogP contribution is -2.60. The lowest BCUT2D eigenvalue weighted by atomic mass is 9.75. The van der Waals surface area contributed by atoms with Gasteiger partial charge < -0.3 is 9.64 Å². The molecule has 0 aliphatic carbocycles. The molecule has 4 nitrogen and oxygen atoms in total. The second kappa shape index (κ2) is 6.40. The number of piperidine rings is 3. The number of methoxy groups -OCH3 is 1. The predicted molar refractivity (Wildman–Crippen MR) is 94.2 cm³/mol. The van der Waals surface area contributed by atoms with Gasteiger partial charge in [0.25, 0.3) is 0 Å². The summed E-state index contributed by atoms with van der Waals surface area (Å²) in [7, 11) is 1.71. The van der Waals surface area contributed by atoms with Crippen LogP contribution in [0.3, 0.4) is 0 Å². The summed E-state index contributed by atoms with van der Waals surface area (Å²) in [5, 5.41) is 0. The van der Waals surface area contributed by atoms with Crippen molar-refractivity contribution in [3.05, 3.63) is 29.8 Å². The third-order valence-corrected chi connectivity index (χ3v) is 6.32. The summed E-state index contributed by atoms with van der Waals surface area (Å²) in [5.74, 6) is 2.39. The highest BCUT2D eigenvalue weighted by Crippen LogP contribution is 2.46. The molecular weight excluding hydrogens is 300 g/mol. The molecule has 4 aliphatic heterocycles. The van der Waals surface area contributed by atoms with E-state index in [2.05, 4.69) is 41.0 Å². The normalized spacial score (nSPS) is 34.2. The van der Waals surface area contributed by atoms with E-state index in [1.165, 1.54) is 31.5 Å². The first-order valence-corrected chi connectivity index (χ1v) is 9.40. The number of hydrogen-bond acceptors (Lipinski definition) is 3. The van der Waals surface area contributed by atoms with Crippen LogP contribution in [0.25, 0.3) is 0 Å². The molecule has 1 amide bonds. The van der Waals surface area contributed by atoms with Gasteiger partial charge in [-0.3, -0.25) is 9.69 Å². The van der Waals surface area contributed by atoms with Crippen molar-refractivity contribution in [1.29, 1.82) is 0 Å². The molecule has 0 unspecified atom stereocenters. The molecule has 0 radical (unpaired) electrons. The first kappa shape index (κ1) is 15.9. The van der Waals surface area contributed by atoms with Crippen molar-refractivity contribution in [2.24, 2.45) is 5.92 Å². The van der Waals surface area contributed by atoms with Crippen LogP contribution in [-0.4, -0.2) is 54.5 Å². The van der Waals surface area contributed by atoms with Crippen LogP contribution in [-0.2, 0) is 4.79 Å². The molecule has 4 heterocycles. The fourth-order valence-electron chi connectivity index (χ4n) is 5.21. The van der Waals surface area contributed by atoms with Gasteiger partial charge in [-0.2, -0.15) is 0 Å². The summed E-state index contributed by atoms with van der Waals surface area (Å²) in [5.41, 5.74) is 1.35.